The lowest BCUT2D eigenvalue weighted by molar-refractivity contribution is 0.108. The Kier molecular flexibility index (Phi) is 9.11. The molecule has 4 nitrogen and oxygen atoms in total. The summed E-state index contributed by atoms with van der Waals surface area (Å²) in [6.07, 6.45) is 0.992. The van der Waals surface area contributed by atoms with Crippen LogP contribution in [0.2, 0.25) is 0 Å². The normalized spacial score (nSPS) is 12.9. The molecule has 1 aromatic carbocycles. The lowest BCUT2D eigenvalue weighted by Crippen LogP contribution is -2.37. The number of aryl methyl sites for hydroxylation is 1. The van der Waals surface area contributed by atoms with Crippen LogP contribution in [0.1, 0.15) is 23.6 Å². The van der Waals surface area contributed by atoms with Crippen molar-refractivity contribution in [3.05, 3.63) is 33.8 Å². The molecule has 5 heteroatoms. The van der Waals surface area contributed by atoms with E-state index in [9.17, 15) is 0 Å². The molecule has 0 aromatic heterocycles. The predicted octanol–water partition coefficient (Wildman–Crippen LogP) is 2.74. The molecule has 0 aliphatic rings. The monoisotopic (exact) mass is 358 g/mol. The van der Waals surface area contributed by atoms with E-state index in [0.29, 0.717) is 13.2 Å². The highest BCUT2D eigenvalue weighted by atomic mass is 79.9. The molecular formula is C16H27BrN2O2. The van der Waals surface area contributed by atoms with Crippen molar-refractivity contribution in [1.82, 2.24) is 4.90 Å². The van der Waals surface area contributed by atoms with Crippen LogP contribution in [0, 0.1) is 6.92 Å². The molecule has 0 heterocycles. The van der Waals surface area contributed by atoms with Crippen molar-refractivity contribution in [3.8, 4) is 0 Å². The van der Waals surface area contributed by atoms with Gasteiger partial charge in [-0.1, -0.05) is 28.1 Å². The summed E-state index contributed by atoms with van der Waals surface area (Å²) in [6.45, 7) is 5.99. The molecule has 0 aliphatic carbocycles. The van der Waals surface area contributed by atoms with Crippen molar-refractivity contribution in [1.29, 1.82) is 0 Å². The number of ether oxygens (including phenoxy) is 2. The van der Waals surface area contributed by atoms with E-state index in [2.05, 4.69) is 46.0 Å². The fourth-order valence-electron chi connectivity index (χ4n) is 2.42. The number of benzene rings is 1. The van der Waals surface area contributed by atoms with Crippen LogP contribution in [0.3, 0.4) is 0 Å². The summed E-state index contributed by atoms with van der Waals surface area (Å²) in [5, 5.41) is 0. The molecule has 0 fully saturated rings. The van der Waals surface area contributed by atoms with E-state index < -0.39 is 0 Å². The summed E-state index contributed by atoms with van der Waals surface area (Å²) < 4.78 is 11.5. The van der Waals surface area contributed by atoms with Crippen LogP contribution in [0.4, 0.5) is 0 Å². The molecule has 1 rings (SSSR count). The van der Waals surface area contributed by atoms with E-state index in [4.69, 9.17) is 15.2 Å². The summed E-state index contributed by atoms with van der Waals surface area (Å²) in [4.78, 5) is 2.38. The second-order valence-corrected chi connectivity index (χ2v) is 5.99. The first kappa shape index (κ1) is 18.6. The number of hydrogen-bond donors (Lipinski definition) is 1. The largest absolute Gasteiger partial charge is 0.385 e. The van der Waals surface area contributed by atoms with Gasteiger partial charge in [-0.3, -0.25) is 4.90 Å². The van der Waals surface area contributed by atoms with E-state index in [1.807, 2.05) is 0 Å². The van der Waals surface area contributed by atoms with Gasteiger partial charge in [0.2, 0.25) is 0 Å². The maximum Gasteiger partial charge on any atom is 0.0589 e. The van der Waals surface area contributed by atoms with Gasteiger partial charge in [0.15, 0.2) is 0 Å². The van der Waals surface area contributed by atoms with E-state index in [0.717, 1.165) is 30.6 Å². The van der Waals surface area contributed by atoms with Crippen LogP contribution < -0.4 is 5.73 Å². The maximum absolute atomic E-state index is 6.04. The number of halogens is 1. The Morgan fingerprint density at radius 1 is 1.19 bits per heavy atom. The van der Waals surface area contributed by atoms with Gasteiger partial charge < -0.3 is 15.2 Å². The minimum atomic E-state index is 0.212. The van der Waals surface area contributed by atoms with E-state index >= 15 is 0 Å². The summed E-state index contributed by atoms with van der Waals surface area (Å²) in [7, 11) is 3.46. The van der Waals surface area contributed by atoms with Crippen molar-refractivity contribution < 1.29 is 9.47 Å². The zero-order valence-electron chi connectivity index (χ0n) is 13.3. The third kappa shape index (κ3) is 6.04. The molecule has 0 bridgehead atoms. The zero-order chi connectivity index (χ0) is 15.7. The Labute approximate surface area is 136 Å². The van der Waals surface area contributed by atoms with Gasteiger partial charge in [-0.15, -0.1) is 0 Å². The lowest BCUT2D eigenvalue weighted by atomic mass is 10.0. The molecule has 21 heavy (non-hydrogen) atoms. The Hall–Kier alpha value is -0.460. The van der Waals surface area contributed by atoms with Crippen LogP contribution >= 0.6 is 15.9 Å². The molecule has 1 atom stereocenters. The van der Waals surface area contributed by atoms with E-state index in [-0.39, 0.29) is 6.04 Å². The summed E-state index contributed by atoms with van der Waals surface area (Å²) in [6, 6.07) is 6.66. The molecule has 0 aliphatic heterocycles. The number of nitrogens with two attached hydrogens (primary N) is 1. The quantitative estimate of drug-likeness (QED) is 0.653. The van der Waals surface area contributed by atoms with Crippen LogP contribution in [-0.4, -0.2) is 52.0 Å². The van der Waals surface area contributed by atoms with Gasteiger partial charge in [0.25, 0.3) is 0 Å². The highest BCUT2D eigenvalue weighted by Gasteiger charge is 2.19. The molecular weight excluding hydrogens is 332 g/mol. The fourth-order valence-corrected chi connectivity index (χ4v) is 2.66. The molecule has 0 amide bonds. The second-order valence-electron chi connectivity index (χ2n) is 5.14. The number of nitrogens with zero attached hydrogens (tertiary/aromatic N) is 1. The van der Waals surface area contributed by atoms with Crippen molar-refractivity contribution in [2.24, 2.45) is 5.73 Å². The molecule has 1 aromatic rings. The van der Waals surface area contributed by atoms with Gasteiger partial charge in [0.1, 0.15) is 0 Å². The van der Waals surface area contributed by atoms with Crippen molar-refractivity contribution >= 4 is 15.9 Å². The van der Waals surface area contributed by atoms with Gasteiger partial charge in [-0.05, 0) is 30.5 Å². The third-order valence-electron chi connectivity index (χ3n) is 3.61. The number of methoxy groups -OCH3 is 2. The Balaban J connectivity index is 2.84. The SMILES string of the molecule is COCCCN(CCOC)C(CN)c1ccc(Br)c(C)c1. The maximum atomic E-state index is 6.04. The zero-order valence-corrected chi connectivity index (χ0v) is 14.9. The fraction of sp³-hybridized carbons (Fsp3) is 0.625. The first-order valence-electron chi connectivity index (χ1n) is 7.32. The highest BCUT2D eigenvalue weighted by Crippen LogP contribution is 2.25. The average Bonchev–Trinajstić information content (AvgIpc) is 2.48. The Morgan fingerprint density at radius 3 is 2.48 bits per heavy atom. The molecule has 0 radical (unpaired) electrons. The lowest BCUT2D eigenvalue weighted by Gasteiger charge is -2.31. The van der Waals surface area contributed by atoms with Crippen LogP contribution in [0.15, 0.2) is 22.7 Å². The summed E-state index contributed by atoms with van der Waals surface area (Å²) in [5.41, 5.74) is 8.53. The van der Waals surface area contributed by atoms with E-state index in [1.54, 1.807) is 14.2 Å². The van der Waals surface area contributed by atoms with E-state index in [1.165, 1.54) is 11.1 Å². The third-order valence-corrected chi connectivity index (χ3v) is 4.50. The number of rotatable bonds is 10. The van der Waals surface area contributed by atoms with Crippen LogP contribution in [-0.2, 0) is 9.47 Å². The Bertz CT molecular complexity index is 415. The van der Waals surface area contributed by atoms with Crippen molar-refractivity contribution in [2.45, 2.75) is 19.4 Å². The first-order chi connectivity index (χ1) is 10.1. The van der Waals surface area contributed by atoms with Crippen molar-refractivity contribution in [3.63, 3.8) is 0 Å². The minimum absolute atomic E-state index is 0.212. The molecule has 2 N–H and O–H groups in total. The molecule has 0 saturated heterocycles. The van der Waals surface area contributed by atoms with Gasteiger partial charge in [0.05, 0.1) is 6.61 Å². The standard InChI is InChI=1S/C16H27BrN2O2/c1-13-11-14(5-6-15(13)17)16(12-18)19(8-10-21-3)7-4-9-20-2/h5-6,11,16H,4,7-10,12,18H2,1-3H3. The molecule has 0 saturated carbocycles. The highest BCUT2D eigenvalue weighted by molar-refractivity contribution is 9.10. The molecule has 120 valence electrons. The predicted molar refractivity (Wildman–Crippen MR) is 90.6 cm³/mol. The summed E-state index contributed by atoms with van der Waals surface area (Å²) in [5.74, 6) is 0. The number of hydrogen-bond acceptors (Lipinski definition) is 4. The minimum Gasteiger partial charge on any atom is -0.385 e. The van der Waals surface area contributed by atoms with Crippen molar-refractivity contribution in [2.75, 3.05) is 47.1 Å². The van der Waals surface area contributed by atoms with Gasteiger partial charge in [-0.25, -0.2) is 0 Å². The average molecular weight is 359 g/mol. The smallest absolute Gasteiger partial charge is 0.0589 e. The first-order valence-corrected chi connectivity index (χ1v) is 8.11. The molecule has 0 spiro atoms. The Morgan fingerprint density at radius 2 is 1.90 bits per heavy atom. The summed E-state index contributed by atoms with van der Waals surface area (Å²) >= 11 is 3.55. The van der Waals surface area contributed by atoms with Gasteiger partial charge in [0, 0.05) is 51.0 Å². The molecule has 1 unspecified atom stereocenters. The van der Waals surface area contributed by atoms with Crippen LogP contribution in [0.25, 0.3) is 0 Å². The van der Waals surface area contributed by atoms with Gasteiger partial charge >= 0.3 is 0 Å². The van der Waals surface area contributed by atoms with Crippen LogP contribution in [0.5, 0.6) is 0 Å². The topological polar surface area (TPSA) is 47.7 Å². The second kappa shape index (κ2) is 10.3. The van der Waals surface area contributed by atoms with Gasteiger partial charge in [-0.2, -0.15) is 0 Å².